The molecule has 0 amide bonds. The molecule has 1 aliphatic rings. The predicted molar refractivity (Wildman–Crippen MR) is 90.4 cm³/mol. The smallest absolute Gasteiger partial charge is 0.270 e. The second-order valence-electron chi connectivity index (χ2n) is 5.78. The molecule has 0 bridgehead atoms. The number of benzene rings is 2. The minimum Gasteiger partial charge on any atom is -0.270 e. The van der Waals surface area contributed by atoms with E-state index in [1.165, 1.54) is 36.4 Å². The molecule has 2 aromatic rings. The normalized spacial score (nSPS) is 17.9. The zero-order chi connectivity index (χ0) is 19.8. The van der Waals surface area contributed by atoms with Crippen molar-refractivity contribution in [1.82, 2.24) is 0 Å². The number of hydrogen-bond donors (Lipinski definition) is 0. The van der Waals surface area contributed by atoms with Crippen molar-refractivity contribution in [2.24, 2.45) is 5.10 Å². The van der Waals surface area contributed by atoms with Gasteiger partial charge in [0.15, 0.2) is 0 Å². The van der Waals surface area contributed by atoms with Crippen LogP contribution >= 0.6 is 0 Å². The molecule has 0 N–H and O–H groups in total. The molecule has 2 aromatic carbocycles. The van der Waals surface area contributed by atoms with Gasteiger partial charge in [-0.15, -0.1) is 0 Å². The minimum atomic E-state index is -4.60. The Morgan fingerprint density at radius 3 is 2.19 bits per heavy atom. The summed E-state index contributed by atoms with van der Waals surface area (Å²) < 4.78 is 80.4. The van der Waals surface area contributed by atoms with E-state index in [0.29, 0.717) is 5.56 Å². The molecule has 0 saturated heterocycles. The summed E-state index contributed by atoms with van der Waals surface area (Å²) in [5, 5.41) is 4.82. The van der Waals surface area contributed by atoms with E-state index in [0.717, 1.165) is 24.3 Å². The van der Waals surface area contributed by atoms with Gasteiger partial charge in [-0.25, -0.2) is 4.39 Å². The number of nitrogens with zero attached hydrogens (tertiary/aromatic N) is 2. The second kappa shape index (κ2) is 6.93. The van der Waals surface area contributed by atoms with E-state index in [2.05, 4.69) is 9.28 Å². The summed E-state index contributed by atoms with van der Waals surface area (Å²) in [6, 6.07) is 9.41. The van der Waals surface area contributed by atoms with Crippen LogP contribution in [0.4, 0.5) is 23.2 Å². The van der Waals surface area contributed by atoms with Crippen molar-refractivity contribution in [3.8, 4) is 0 Å². The second-order valence-corrected chi connectivity index (χ2v) is 7.49. The Morgan fingerprint density at radius 2 is 1.67 bits per heavy atom. The zero-order valence-electron chi connectivity index (χ0n) is 13.9. The molecule has 0 saturated carbocycles. The SMILES string of the molecule is COS(=O)(=O)c1ccc([C@H]2CC(C(F)(F)F)=NN2c2ccc(F)cc2)cc1. The molecule has 5 nitrogen and oxygen atoms in total. The fourth-order valence-corrected chi connectivity index (χ4v) is 3.39. The first-order chi connectivity index (χ1) is 12.6. The van der Waals surface area contributed by atoms with Crippen molar-refractivity contribution < 1.29 is 30.2 Å². The van der Waals surface area contributed by atoms with Gasteiger partial charge in [-0.2, -0.15) is 26.7 Å². The number of rotatable bonds is 4. The summed E-state index contributed by atoms with van der Waals surface area (Å²) in [6.45, 7) is 0. The molecular weight excluding hydrogens is 388 g/mol. The van der Waals surface area contributed by atoms with Gasteiger partial charge in [0.1, 0.15) is 11.5 Å². The Hall–Kier alpha value is -2.46. The van der Waals surface area contributed by atoms with Crippen molar-refractivity contribution in [3.63, 3.8) is 0 Å². The van der Waals surface area contributed by atoms with E-state index in [9.17, 15) is 26.0 Å². The van der Waals surface area contributed by atoms with Gasteiger partial charge in [-0.05, 0) is 42.0 Å². The number of hydrazone groups is 1. The lowest BCUT2D eigenvalue weighted by atomic mass is 10.0. The van der Waals surface area contributed by atoms with Gasteiger partial charge in [0.25, 0.3) is 10.1 Å². The monoisotopic (exact) mass is 402 g/mol. The van der Waals surface area contributed by atoms with Crippen LogP contribution in [0.2, 0.25) is 0 Å². The largest absolute Gasteiger partial charge is 0.431 e. The molecule has 3 rings (SSSR count). The van der Waals surface area contributed by atoms with E-state index in [1.54, 1.807) is 0 Å². The van der Waals surface area contributed by atoms with Crippen LogP contribution in [0.5, 0.6) is 0 Å². The average Bonchev–Trinajstić information content (AvgIpc) is 3.08. The van der Waals surface area contributed by atoms with Gasteiger partial charge in [0, 0.05) is 6.42 Å². The predicted octanol–water partition coefficient (Wildman–Crippen LogP) is 4.03. The minimum absolute atomic E-state index is 0.114. The van der Waals surface area contributed by atoms with Crippen LogP contribution in [-0.2, 0) is 14.3 Å². The maximum absolute atomic E-state index is 13.2. The van der Waals surface area contributed by atoms with Gasteiger partial charge in [0.2, 0.25) is 0 Å². The summed E-state index contributed by atoms with van der Waals surface area (Å²) in [4.78, 5) is -0.114. The highest BCUT2D eigenvalue weighted by Gasteiger charge is 2.43. The molecule has 27 heavy (non-hydrogen) atoms. The number of halogens is 4. The first-order valence-corrected chi connectivity index (χ1v) is 9.13. The van der Waals surface area contributed by atoms with Crippen LogP contribution in [0.15, 0.2) is 58.5 Å². The van der Waals surface area contributed by atoms with E-state index in [-0.39, 0.29) is 10.6 Å². The zero-order valence-corrected chi connectivity index (χ0v) is 14.8. The molecule has 1 heterocycles. The van der Waals surface area contributed by atoms with Crippen molar-refractivity contribution >= 4 is 21.5 Å². The Bertz CT molecular complexity index is 955. The Balaban J connectivity index is 1.98. The molecule has 0 radical (unpaired) electrons. The van der Waals surface area contributed by atoms with Crippen LogP contribution < -0.4 is 5.01 Å². The van der Waals surface area contributed by atoms with E-state index >= 15 is 0 Å². The molecule has 1 atom stereocenters. The van der Waals surface area contributed by atoms with Gasteiger partial charge >= 0.3 is 6.18 Å². The maximum Gasteiger partial charge on any atom is 0.431 e. The van der Waals surface area contributed by atoms with Crippen LogP contribution in [0, 0.1) is 5.82 Å². The number of hydrogen-bond acceptors (Lipinski definition) is 5. The average molecular weight is 402 g/mol. The highest BCUT2D eigenvalue weighted by atomic mass is 32.2. The van der Waals surface area contributed by atoms with Crippen LogP contribution in [0.25, 0.3) is 0 Å². The lowest BCUT2D eigenvalue weighted by Crippen LogP contribution is -2.21. The van der Waals surface area contributed by atoms with E-state index in [4.69, 9.17) is 0 Å². The molecule has 0 fully saturated rings. The lowest BCUT2D eigenvalue weighted by Gasteiger charge is -2.24. The quantitative estimate of drug-likeness (QED) is 0.572. The fourth-order valence-electron chi connectivity index (χ4n) is 2.73. The van der Waals surface area contributed by atoms with Crippen LogP contribution in [0.1, 0.15) is 18.0 Å². The molecule has 1 aliphatic heterocycles. The molecule has 10 heteroatoms. The van der Waals surface area contributed by atoms with Gasteiger partial charge in [-0.1, -0.05) is 12.1 Å². The third-order valence-corrected chi connectivity index (χ3v) is 5.39. The van der Waals surface area contributed by atoms with Crippen molar-refractivity contribution in [2.45, 2.75) is 23.5 Å². The van der Waals surface area contributed by atoms with Gasteiger partial charge < -0.3 is 0 Å². The van der Waals surface area contributed by atoms with E-state index < -0.39 is 40.3 Å². The Kier molecular flexibility index (Phi) is 4.96. The van der Waals surface area contributed by atoms with Crippen molar-refractivity contribution in [2.75, 3.05) is 12.1 Å². The molecule has 0 aliphatic carbocycles. The number of anilines is 1. The molecule has 0 aromatic heterocycles. The first kappa shape index (κ1) is 19.3. The van der Waals surface area contributed by atoms with Gasteiger partial charge in [-0.3, -0.25) is 9.19 Å². The fraction of sp³-hybridized carbons (Fsp3) is 0.235. The van der Waals surface area contributed by atoms with Crippen molar-refractivity contribution in [3.05, 3.63) is 59.9 Å². The third-order valence-electron chi connectivity index (χ3n) is 4.10. The Labute approximate surface area is 153 Å². The summed E-state index contributed by atoms with van der Waals surface area (Å²) in [6.07, 6.45) is -5.02. The Morgan fingerprint density at radius 1 is 1.07 bits per heavy atom. The van der Waals surface area contributed by atoms with Gasteiger partial charge in [0.05, 0.1) is 23.7 Å². The van der Waals surface area contributed by atoms with E-state index in [1.807, 2.05) is 0 Å². The van der Waals surface area contributed by atoms with Crippen LogP contribution in [-0.4, -0.2) is 27.4 Å². The molecule has 144 valence electrons. The maximum atomic E-state index is 13.2. The molecule has 0 spiro atoms. The number of alkyl halides is 3. The standard InChI is InChI=1S/C17H14F4N2O3S/c1-26-27(24,25)14-8-2-11(3-9-14)15-10-16(17(19,20)21)22-23(15)13-6-4-12(18)5-7-13/h2-9,15H,10H2,1H3/t15-/m1/s1. The summed E-state index contributed by atoms with van der Waals surface area (Å²) in [7, 11) is -2.89. The van der Waals surface area contributed by atoms with Crippen LogP contribution in [0.3, 0.4) is 0 Å². The highest BCUT2D eigenvalue weighted by Crippen LogP contribution is 2.39. The summed E-state index contributed by atoms with van der Waals surface area (Å²) in [5.74, 6) is -0.524. The summed E-state index contributed by atoms with van der Waals surface area (Å²) in [5.41, 5.74) is -0.253. The summed E-state index contributed by atoms with van der Waals surface area (Å²) >= 11 is 0. The van der Waals surface area contributed by atoms with Crippen molar-refractivity contribution in [1.29, 1.82) is 0 Å². The molecule has 0 unspecified atom stereocenters. The lowest BCUT2D eigenvalue weighted by molar-refractivity contribution is -0.0600. The first-order valence-electron chi connectivity index (χ1n) is 7.72. The highest BCUT2D eigenvalue weighted by molar-refractivity contribution is 7.86. The third kappa shape index (κ3) is 3.96. The molecular formula is C17H14F4N2O3S. The topological polar surface area (TPSA) is 59.0 Å².